The zero-order chi connectivity index (χ0) is 12.1. The maximum absolute atomic E-state index is 3.43. The van der Waals surface area contributed by atoms with E-state index >= 15 is 0 Å². The average Bonchev–Trinajstić information content (AvgIpc) is 2.37. The predicted molar refractivity (Wildman–Crippen MR) is 87.8 cm³/mol. The Morgan fingerprint density at radius 2 is 1.89 bits per heavy atom. The van der Waals surface area contributed by atoms with Crippen LogP contribution in [0.2, 0.25) is 0 Å². The third-order valence-electron chi connectivity index (χ3n) is 3.58. The number of nitrogens with zero attached hydrogens (tertiary/aromatic N) is 1. The van der Waals surface area contributed by atoms with Crippen LogP contribution in [0.1, 0.15) is 36.9 Å². The molecule has 4 heteroatoms. The lowest BCUT2D eigenvalue weighted by molar-refractivity contribution is 0.164. The van der Waals surface area contributed by atoms with Gasteiger partial charge in [-0.25, -0.2) is 0 Å². The SMILES string of the molecule is CCC[C@@H](c1cccc(C)c1)N1CCNCC1.Cl.Cl. The topological polar surface area (TPSA) is 15.3 Å². The van der Waals surface area contributed by atoms with Crippen LogP contribution in [0, 0.1) is 6.92 Å². The zero-order valence-electron chi connectivity index (χ0n) is 11.9. The van der Waals surface area contributed by atoms with Gasteiger partial charge in [-0.05, 0) is 18.9 Å². The van der Waals surface area contributed by atoms with E-state index in [1.165, 1.54) is 37.1 Å². The third kappa shape index (κ3) is 5.31. The van der Waals surface area contributed by atoms with Gasteiger partial charge >= 0.3 is 0 Å². The second kappa shape index (κ2) is 9.60. The minimum atomic E-state index is 0. The molecule has 0 aliphatic carbocycles. The second-order valence-corrected chi connectivity index (χ2v) is 5.00. The summed E-state index contributed by atoms with van der Waals surface area (Å²) in [6, 6.07) is 9.62. The minimum Gasteiger partial charge on any atom is -0.314 e. The van der Waals surface area contributed by atoms with E-state index in [9.17, 15) is 0 Å². The van der Waals surface area contributed by atoms with Crippen LogP contribution in [0.5, 0.6) is 0 Å². The molecule has 1 fully saturated rings. The van der Waals surface area contributed by atoms with Crippen molar-refractivity contribution in [2.75, 3.05) is 26.2 Å². The molecule has 110 valence electrons. The van der Waals surface area contributed by atoms with Crippen LogP contribution in [0.3, 0.4) is 0 Å². The Morgan fingerprint density at radius 3 is 2.47 bits per heavy atom. The fraction of sp³-hybridized carbons (Fsp3) is 0.600. The molecule has 1 N–H and O–H groups in total. The van der Waals surface area contributed by atoms with Gasteiger partial charge < -0.3 is 5.32 Å². The monoisotopic (exact) mass is 304 g/mol. The van der Waals surface area contributed by atoms with Gasteiger partial charge in [0.1, 0.15) is 0 Å². The van der Waals surface area contributed by atoms with E-state index in [1.807, 2.05) is 0 Å². The van der Waals surface area contributed by atoms with Crippen molar-refractivity contribution in [1.82, 2.24) is 10.2 Å². The van der Waals surface area contributed by atoms with Gasteiger partial charge in [-0.2, -0.15) is 0 Å². The molecule has 2 rings (SSSR count). The van der Waals surface area contributed by atoms with E-state index < -0.39 is 0 Å². The van der Waals surface area contributed by atoms with Crippen LogP contribution in [-0.2, 0) is 0 Å². The first-order valence-corrected chi connectivity index (χ1v) is 6.82. The molecule has 0 radical (unpaired) electrons. The normalized spacial score (nSPS) is 17.2. The Bertz CT molecular complexity index is 352. The molecule has 1 heterocycles. The summed E-state index contributed by atoms with van der Waals surface area (Å²) in [5, 5.41) is 3.43. The van der Waals surface area contributed by atoms with Gasteiger partial charge in [0, 0.05) is 32.2 Å². The lowest BCUT2D eigenvalue weighted by Crippen LogP contribution is -2.45. The molecule has 0 unspecified atom stereocenters. The van der Waals surface area contributed by atoms with Gasteiger partial charge in [0.2, 0.25) is 0 Å². The first-order chi connectivity index (χ1) is 8.31. The van der Waals surface area contributed by atoms with Crippen molar-refractivity contribution in [2.45, 2.75) is 32.7 Å². The molecule has 1 aliphatic rings. The zero-order valence-corrected chi connectivity index (χ0v) is 13.5. The van der Waals surface area contributed by atoms with Crippen LogP contribution in [-0.4, -0.2) is 31.1 Å². The van der Waals surface area contributed by atoms with Crippen molar-refractivity contribution in [2.24, 2.45) is 0 Å². The van der Waals surface area contributed by atoms with Crippen LogP contribution in [0.15, 0.2) is 24.3 Å². The fourth-order valence-electron chi connectivity index (χ4n) is 2.70. The number of aryl methyl sites for hydroxylation is 1. The Balaban J connectivity index is 0.00000162. The molecular weight excluding hydrogens is 279 g/mol. The number of nitrogens with one attached hydrogen (secondary N) is 1. The lowest BCUT2D eigenvalue weighted by Gasteiger charge is -2.35. The van der Waals surface area contributed by atoms with E-state index in [1.54, 1.807) is 0 Å². The molecule has 1 aliphatic heterocycles. The standard InChI is InChI=1S/C15H24N2.2ClH/c1-3-5-15(17-10-8-16-9-11-17)14-7-4-6-13(2)12-14;;/h4,6-7,12,15-16H,3,5,8-11H2,1-2H3;2*1H/t15-;;/m0../s1. The van der Waals surface area contributed by atoms with Crippen LogP contribution in [0.25, 0.3) is 0 Å². The van der Waals surface area contributed by atoms with Crippen molar-refractivity contribution in [3.05, 3.63) is 35.4 Å². The summed E-state index contributed by atoms with van der Waals surface area (Å²) in [5.74, 6) is 0. The summed E-state index contributed by atoms with van der Waals surface area (Å²) in [6.07, 6.45) is 2.52. The molecule has 0 spiro atoms. The van der Waals surface area contributed by atoms with E-state index in [2.05, 4.69) is 48.3 Å². The number of benzene rings is 1. The number of piperazine rings is 1. The van der Waals surface area contributed by atoms with Crippen LogP contribution in [0.4, 0.5) is 0 Å². The number of rotatable bonds is 4. The van der Waals surface area contributed by atoms with Gasteiger partial charge in [0.05, 0.1) is 0 Å². The summed E-state index contributed by atoms with van der Waals surface area (Å²) in [4.78, 5) is 2.63. The number of hydrogen-bond acceptors (Lipinski definition) is 2. The molecule has 19 heavy (non-hydrogen) atoms. The van der Waals surface area contributed by atoms with Gasteiger partial charge in [-0.3, -0.25) is 4.90 Å². The highest BCUT2D eigenvalue weighted by atomic mass is 35.5. The van der Waals surface area contributed by atoms with Crippen molar-refractivity contribution >= 4 is 24.8 Å². The molecule has 1 saturated heterocycles. The maximum atomic E-state index is 3.43. The molecule has 0 amide bonds. The van der Waals surface area contributed by atoms with Gasteiger partial charge in [0.15, 0.2) is 0 Å². The Labute approximate surface area is 129 Å². The second-order valence-electron chi connectivity index (χ2n) is 5.00. The highest BCUT2D eigenvalue weighted by Gasteiger charge is 2.21. The molecule has 2 nitrogen and oxygen atoms in total. The summed E-state index contributed by atoms with van der Waals surface area (Å²) < 4.78 is 0. The maximum Gasteiger partial charge on any atom is 0.0349 e. The van der Waals surface area contributed by atoms with Gasteiger partial charge in [-0.1, -0.05) is 43.2 Å². The van der Waals surface area contributed by atoms with Crippen molar-refractivity contribution in [3.63, 3.8) is 0 Å². The molecule has 1 aromatic rings. The smallest absolute Gasteiger partial charge is 0.0349 e. The predicted octanol–water partition coefficient (Wildman–Crippen LogP) is 3.59. The summed E-state index contributed by atoms with van der Waals surface area (Å²) in [7, 11) is 0. The van der Waals surface area contributed by atoms with E-state index in [0.29, 0.717) is 6.04 Å². The fourth-order valence-corrected chi connectivity index (χ4v) is 2.70. The first-order valence-electron chi connectivity index (χ1n) is 6.82. The van der Waals surface area contributed by atoms with Gasteiger partial charge in [-0.15, -0.1) is 24.8 Å². The number of halogens is 2. The first kappa shape index (κ1) is 18.7. The van der Waals surface area contributed by atoms with Crippen molar-refractivity contribution in [3.8, 4) is 0 Å². The Kier molecular flexibility index (Phi) is 9.46. The summed E-state index contributed by atoms with van der Waals surface area (Å²) in [5.41, 5.74) is 2.87. The molecule has 1 aromatic carbocycles. The van der Waals surface area contributed by atoms with Crippen LogP contribution < -0.4 is 5.32 Å². The van der Waals surface area contributed by atoms with Crippen LogP contribution >= 0.6 is 24.8 Å². The molecule has 1 atom stereocenters. The summed E-state index contributed by atoms with van der Waals surface area (Å²) in [6.45, 7) is 9.09. The molecule has 0 bridgehead atoms. The summed E-state index contributed by atoms with van der Waals surface area (Å²) >= 11 is 0. The van der Waals surface area contributed by atoms with E-state index in [-0.39, 0.29) is 24.8 Å². The van der Waals surface area contributed by atoms with E-state index in [4.69, 9.17) is 0 Å². The average molecular weight is 305 g/mol. The Hall–Kier alpha value is -0.280. The van der Waals surface area contributed by atoms with E-state index in [0.717, 1.165) is 13.1 Å². The largest absolute Gasteiger partial charge is 0.314 e. The third-order valence-corrected chi connectivity index (χ3v) is 3.58. The van der Waals surface area contributed by atoms with Gasteiger partial charge in [0.25, 0.3) is 0 Å². The van der Waals surface area contributed by atoms with Crippen molar-refractivity contribution in [1.29, 1.82) is 0 Å². The molecular formula is C15H26Cl2N2. The molecule has 0 saturated carbocycles. The molecule has 0 aromatic heterocycles. The number of hydrogen-bond donors (Lipinski definition) is 1. The minimum absolute atomic E-state index is 0. The van der Waals surface area contributed by atoms with Crippen molar-refractivity contribution < 1.29 is 0 Å². The highest BCUT2D eigenvalue weighted by Crippen LogP contribution is 2.26. The Morgan fingerprint density at radius 1 is 1.21 bits per heavy atom. The quantitative estimate of drug-likeness (QED) is 0.914. The highest BCUT2D eigenvalue weighted by molar-refractivity contribution is 5.85. The lowest BCUT2D eigenvalue weighted by atomic mass is 9.98.